The average molecular weight is 254 g/mol. The molecule has 102 valence electrons. The molecule has 0 saturated heterocycles. The van der Waals surface area contributed by atoms with Crippen LogP contribution in [0.5, 0.6) is 0 Å². The van der Waals surface area contributed by atoms with Gasteiger partial charge in [0.2, 0.25) is 0 Å². The van der Waals surface area contributed by atoms with Crippen LogP contribution in [0.25, 0.3) is 0 Å². The summed E-state index contributed by atoms with van der Waals surface area (Å²) in [5.74, 6) is -0.942. The van der Waals surface area contributed by atoms with Crippen molar-refractivity contribution in [2.45, 2.75) is 46.0 Å². The summed E-state index contributed by atoms with van der Waals surface area (Å²) in [5, 5.41) is 0. The number of carbonyl (C=O) groups excluding carboxylic acids is 2. The first-order valence-corrected chi connectivity index (χ1v) is 6.69. The van der Waals surface area contributed by atoms with Crippen molar-refractivity contribution in [1.82, 2.24) is 0 Å². The summed E-state index contributed by atoms with van der Waals surface area (Å²) in [5.41, 5.74) is -1.21. The molecule has 0 N–H and O–H groups in total. The molecule has 0 aromatic heterocycles. The van der Waals surface area contributed by atoms with Gasteiger partial charge in [-0.2, -0.15) is 0 Å². The van der Waals surface area contributed by atoms with Crippen LogP contribution in [0.4, 0.5) is 0 Å². The number of esters is 2. The number of allylic oxidation sites excluding steroid dienone is 1. The lowest BCUT2D eigenvalue weighted by molar-refractivity contribution is -0.169. The fourth-order valence-electron chi connectivity index (χ4n) is 1.94. The van der Waals surface area contributed by atoms with Crippen LogP contribution in [-0.2, 0) is 19.1 Å². The number of hydrogen-bond donors (Lipinski definition) is 0. The Kier molecular flexibility index (Phi) is 5.89. The molecule has 0 aromatic rings. The minimum atomic E-state index is -1.21. The van der Waals surface area contributed by atoms with E-state index in [9.17, 15) is 9.59 Å². The highest BCUT2D eigenvalue weighted by molar-refractivity contribution is 6.02. The molecule has 0 aromatic carbocycles. The molecule has 0 radical (unpaired) electrons. The smallest absolute Gasteiger partial charge is 0.327 e. The first kappa shape index (κ1) is 14.7. The van der Waals surface area contributed by atoms with Gasteiger partial charge in [-0.15, -0.1) is 0 Å². The molecule has 1 aliphatic rings. The van der Waals surface area contributed by atoms with Crippen molar-refractivity contribution in [3.8, 4) is 0 Å². The third kappa shape index (κ3) is 3.34. The summed E-state index contributed by atoms with van der Waals surface area (Å²) >= 11 is 0. The van der Waals surface area contributed by atoms with Crippen LogP contribution in [0.1, 0.15) is 46.0 Å². The molecule has 0 bridgehead atoms. The highest BCUT2D eigenvalue weighted by atomic mass is 16.6. The van der Waals surface area contributed by atoms with Gasteiger partial charge in [-0.05, 0) is 32.1 Å². The van der Waals surface area contributed by atoms with E-state index in [2.05, 4.69) is 0 Å². The molecule has 0 aliphatic heterocycles. The molecule has 1 aliphatic carbocycles. The average Bonchev–Trinajstić information content (AvgIpc) is 2.42. The molecule has 0 atom stereocenters. The molecule has 4 nitrogen and oxygen atoms in total. The lowest BCUT2D eigenvalue weighted by atomic mass is 9.79. The molecule has 0 heterocycles. The first-order valence-electron chi connectivity index (χ1n) is 6.69. The lowest BCUT2D eigenvalue weighted by Gasteiger charge is -2.28. The summed E-state index contributed by atoms with van der Waals surface area (Å²) in [6, 6.07) is 0. The summed E-state index contributed by atoms with van der Waals surface area (Å²) < 4.78 is 10.3. The van der Waals surface area contributed by atoms with Gasteiger partial charge in [0.05, 0.1) is 13.2 Å². The first-order chi connectivity index (χ1) is 8.67. The van der Waals surface area contributed by atoms with E-state index < -0.39 is 17.4 Å². The molecular weight excluding hydrogens is 232 g/mol. The SMILES string of the molecule is CCCOC(=O)C1(C(=O)OCCC)C=CCCC1. The number of ether oxygens (including phenoxy) is 2. The summed E-state index contributed by atoms with van der Waals surface area (Å²) in [7, 11) is 0. The Morgan fingerprint density at radius 3 is 2.06 bits per heavy atom. The largest absolute Gasteiger partial charge is 0.465 e. The predicted molar refractivity (Wildman–Crippen MR) is 67.9 cm³/mol. The van der Waals surface area contributed by atoms with Crippen molar-refractivity contribution in [1.29, 1.82) is 0 Å². The summed E-state index contributed by atoms with van der Waals surface area (Å²) in [6.07, 6.45) is 7.19. The molecule has 4 heteroatoms. The monoisotopic (exact) mass is 254 g/mol. The van der Waals surface area contributed by atoms with Crippen LogP contribution in [0.15, 0.2) is 12.2 Å². The van der Waals surface area contributed by atoms with Crippen molar-refractivity contribution in [3.63, 3.8) is 0 Å². The molecule has 0 amide bonds. The maximum atomic E-state index is 12.1. The van der Waals surface area contributed by atoms with Crippen molar-refractivity contribution in [3.05, 3.63) is 12.2 Å². The maximum absolute atomic E-state index is 12.1. The molecular formula is C14H22O4. The van der Waals surface area contributed by atoms with Gasteiger partial charge in [-0.25, -0.2) is 0 Å². The van der Waals surface area contributed by atoms with Crippen LogP contribution in [0.2, 0.25) is 0 Å². The third-order valence-corrected chi connectivity index (χ3v) is 2.95. The van der Waals surface area contributed by atoms with Crippen molar-refractivity contribution in [2.75, 3.05) is 13.2 Å². The Hall–Kier alpha value is -1.32. The minimum absolute atomic E-state index is 0.343. The highest BCUT2D eigenvalue weighted by Gasteiger charge is 2.47. The van der Waals surface area contributed by atoms with Gasteiger partial charge < -0.3 is 9.47 Å². The minimum Gasteiger partial charge on any atom is -0.465 e. The van der Waals surface area contributed by atoms with Gasteiger partial charge in [0.25, 0.3) is 0 Å². The Balaban J connectivity index is 2.81. The predicted octanol–water partition coefficient (Wildman–Crippen LogP) is 2.62. The van der Waals surface area contributed by atoms with Crippen LogP contribution < -0.4 is 0 Å². The van der Waals surface area contributed by atoms with Crippen molar-refractivity contribution < 1.29 is 19.1 Å². The van der Waals surface area contributed by atoms with E-state index in [1.54, 1.807) is 6.08 Å². The van der Waals surface area contributed by atoms with Gasteiger partial charge >= 0.3 is 11.9 Å². The molecule has 18 heavy (non-hydrogen) atoms. The Morgan fingerprint density at radius 2 is 1.67 bits per heavy atom. The van der Waals surface area contributed by atoms with E-state index in [4.69, 9.17) is 9.47 Å². The summed E-state index contributed by atoms with van der Waals surface area (Å²) in [4.78, 5) is 24.2. The quantitative estimate of drug-likeness (QED) is 0.415. The Bertz CT molecular complexity index is 300. The van der Waals surface area contributed by atoms with Gasteiger partial charge in [-0.3, -0.25) is 9.59 Å². The number of carbonyl (C=O) groups is 2. The van der Waals surface area contributed by atoms with Crippen LogP contribution in [0.3, 0.4) is 0 Å². The normalized spacial score (nSPS) is 17.2. The molecule has 0 saturated carbocycles. The van der Waals surface area contributed by atoms with Crippen molar-refractivity contribution in [2.24, 2.45) is 5.41 Å². The van der Waals surface area contributed by atoms with E-state index in [0.29, 0.717) is 19.6 Å². The topological polar surface area (TPSA) is 52.6 Å². The second-order valence-corrected chi connectivity index (χ2v) is 4.54. The van der Waals surface area contributed by atoms with Gasteiger partial charge in [0.1, 0.15) is 0 Å². The van der Waals surface area contributed by atoms with E-state index in [1.807, 2.05) is 19.9 Å². The van der Waals surface area contributed by atoms with Gasteiger partial charge in [0.15, 0.2) is 5.41 Å². The fraction of sp³-hybridized carbons (Fsp3) is 0.714. The van der Waals surface area contributed by atoms with Crippen LogP contribution in [-0.4, -0.2) is 25.2 Å². The zero-order valence-corrected chi connectivity index (χ0v) is 11.2. The van der Waals surface area contributed by atoms with Crippen molar-refractivity contribution >= 4 is 11.9 Å². The summed E-state index contributed by atoms with van der Waals surface area (Å²) in [6.45, 7) is 4.53. The van der Waals surface area contributed by atoms with Crippen LogP contribution >= 0.6 is 0 Å². The Morgan fingerprint density at radius 1 is 1.11 bits per heavy atom. The van der Waals surface area contributed by atoms with E-state index >= 15 is 0 Å². The Labute approximate surface area is 108 Å². The van der Waals surface area contributed by atoms with Crippen LogP contribution in [0, 0.1) is 5.41 Å². The standard InChI is InChI=1S/C14H22O4/c1-3-10-17-12(15)14(8-6-5-7-9-14)13(16)18-11-4-2/h6,8H,3-5,7,9-11H2,1-2H3. The molecule has 0 fully saturated rings. The molecule has 0 unspecified atom stereocenters. The fourth-order valence-corrected chi connectivity index (χ4v) is 1.94. The maximum Gasteiger partial charge on any atom is 0.327 e. The zero-order chi connectivity index (χ0) is 13.4. The number of rotatable bonds is 6. The second kappa shape index (κ2) is 7.19. The lowest BCUT2D eigenvalue weighted by Crippen LogP contribution is -2.41. The van der Waals surface area contributed by atoms with E-state index in [-0.39, 0.29) is 0 Å². The van der Waals surface area contributed by atoms with Gasteiger partial charge in [0, 0.05) is 0 Å². The third-order valence-electron chi connectivity index (χ3n) is 2.95. The zero-order valence-electron chi connectivity index (χ0n) is 11.2. The van der Waals surface area contributed by atoms with Gasteiger partial charge in [-0.1, -0.05) is 26.0 Å². The van der Waals surface area contributed by atoms with E-state index in [1.165, 1.54) is 0 Å². The second-order valence-electron chi connectivity index (χ2n) is 4.54. The number of hydrogen-bond acceptors (Lipinski definition) is 4. The van der Waals surface area contributed by atoms with E-state index in [0.717, 1.165) is 25.7 Å². The molecule has 1 rings (SSSR count). The highest BCUT2D eigenvalue weighted by Crippen LogP contribution is 2.34. The molecule has 0 spiro atoms.